The molecule has 2 amide bonds. The molecule has 0 spiro atoms. The lowest BCUT2D eigenvalue weighted by molar-refractivity contribution is 0.0522. The van der Waals surface area contributed by atoms with Gasteiger partial charge in [-0.05, 0) is 81.4 Å². The first kappa shape index (κ1) is 31.6. The summed E-state index contributed by atoms with van der Waals surface area (Å²) in [7, 11) is 0. The van der Waals surface area contributed by atoms with Crippen LogP contribution in [-0.2, 0) is 4.74 Å². The van der Waals surface area contributed by atoms with Crippen LogP contribution in [0.15, 0.2) is 106 Å². The first-order chi connectivity index (χ1) is 21.5. The third-order valence-corrected chi connectivity index (χ3v) is 7.32. The number of amides is 2. The lowest BCUT2D eigenvalue weighted by atomic mass is 10.2. The number of nitrogens with zero attached hydrogens (tertiary/aromatic N) is 3. The van der Waals surface area contributed by atoms with Crippen LogP contribution >= 0.6 is 31.9 Å². The SMILES string of the molecule is CC(C)(C)OC(=O)n1nc(C(=O)Nc2ccc(Br)cc2)c2ccccc21.O=C(Nc1ccc(Br)cc1)c1n[nH]c2ccccc12. The molecule has 0 aliphatic carbocycles. The number of carbonyl (C=O) groups excluding carboxylic acids is 3. The number of ether oxygens (including phenoxy) is 1. The highest BCUT2D eigenvalue weighted by molar-refractivity contribution is 9.10. The van der Waals surface area contributed by atoms with Crippen molar-refractivity contribution >= 4 is 82.9 Å². The average molecular weight is 732 g/mol. The normalized spacial score (nSPS) is 11.0. The maximum Gasteiger partial charge on any atom is 0.435 e. The van der Waals surface area contributed by atoms with Crippen LogP contribution in [-0.4, -0.2) is 43.5 Å². The van der Waals surface area contributed by atoms with Crippen molar-refractivity contribution < 1.29 is 19.1 Å². The predicted octanol–water partition coefficient (Wildman–Crippen LogP) is 8.41. The summed E-state index contributed by atoms with van der Waals surface area (Å²) in [6.07, 6.45) is -0.628. The largest absolute Gasteiger partial charge is 0.442 e. The first-order valence-corrected chi connectivity index (χ1v) is 15.4. The van der Waals surface area contributed by atoms with Crippen molar-refractivity contribution in [1.29, 1.82) is 0 Å². The fourth-order valence-corrected chi connectivity index (χ4v) is 4.79. The van der Waals surface area contributed by atoms with E-state index < -0.39 is 17.6 Å². The van der Waals surface area contributed by atoms with E-state index >= 15 is 0 Å². The Kier molecular flexibility index (Phi) is 9.45. The van der Waals surface area contributed by atoms with Gasteiger partial charge in [0.05, 0.1) is 11.0 Å². The van der Waals surface area contributed by atoms with Crippen LogP contribution in [0.25, 0.3) is 21.8 Å². The lowest BCUT2D eigenvalue weighted by Gasteiger charge is -2.19. The number of hydrogen-bond acceptors (Lipinski definition) is 6. The number of aromatic amines is 1. The molecule has 0 radical (unpaired) electrons. The van der Waals surface area contributed by atoms with E-state index in [4.69, 9.17) is 4.74 Å². The van der Waals surface area contributed by atoms with Crippen LogP contribution in [0.3, 0.4) is 0 Å². The van der Waals surface area contributed by atoms with E-state index in [1.54, 1.807) is 57.2 Å². The maximum atomic E-state index is 12.7. The molecule has 0 fully saturated rings. The number of fused-ring (bicyclic) bond motifs is 2. The van der Waals surface area contributed by atoms with Crippen LogP contribution in [0.1, 0.15) is 41.7 Å². The van der Waals surface area contributed by atoms with Crippen molar-refractivity contribution in [1.82, 2.24) is 20.0 Å². The van der Waals surface area contributed by atoms with Gasteiger partial charge in [-0.1, -0.05) is 68.3 Å². The van der Waals surface area contributed by atoms with Gasteiger partial charge in [0.15, 0.2) is 11.4 Å². The number of para-hydroxylation sites is 2. The minimum Gasteiger partial charge on any atom is -0.442 e. The third-order valence-electron chi connectivity index (χ3n) is 6.26. The molecule has 0 aliphatic heterocycles. The average Bonchev–Trinajstić information content (AvgIpc) is 3.62. The van der Waals surface area contributed by atoms with E-state index in [1.807, 2.05) is 60.7 Å². The molecule has 228 valence electrons. The fourth-order valence-electron chi connectivity index (χ4n) is 4.26. The monoisotopic (exact) mass is 730 g/mol. The molecular weight excluding hydrogens is 704 g/mol. The summed E-state index contributed by atoms with van der Waals surface area (Å²) >= 11 is 6.71. The van der Waals surface area contributed by atoms with Gasteiger partial charge in [0, 0.05) is 31.1 Å². The second-order valence-electron chi connectivity index (χ2n) is 10.8. The second-order valence-corrected chi connectivity index (χ2v) is 12.6. The highest BCUT2D eigenvalue weighted by Crippen LogP contribution is 2.22. The van der Waals surface area contributed by atoms with Gasteiger partial charge in [0.25, 0.3) is 11.8 Å². The number of halogens is 2. The Labute approximate surface area is 275 Å². The fraction of sp³-hybridized carbons (Fsp3) is 0.121. The molecule has 0 saturated heterocycles. The van der Waals surface area contributed by atoms with Gasteiger partial charge in [0.1, 0.15) is 5.60 Å². The summed E-state index contributed by atoms with van der Waals surface area (Å²) in [5.74, 6) is -0.620. The minimum atomic E-state index is -0.663. The number of carbonyl (C=O) groups is 3. The molecule has 0 atom stereocenters. The summed E-state index contributed by atoms with van der Waals surface area (Å²) in [4.78, 5) is 37.3. The molecule has 6 aromatic rings. The van der Waals surface area contributed by atoms with Gasteiger partial charge < -0.3 is 15.4 Å². The molecule has 12 heteroatoms. The summed E-state index contributed by atoms with van der Waals surface area (Å²) < 4.78 is 8.38. The Morgan fingerprint density at radius 3 is 1.80 bits per heavy atom. The molecule has 0 bridgehead atoms. The lowest BCUT2D eigenvalue weighted by Crippen LogP contribution is -2.28. The molecule has 4 aromatic carbocycles. The van der Waals surface area contributed by atoms with E-state index in [9.17, 15) is 14.4 Å². The summed E-state index contributed by atoms with van der Waals surface area (Å²) in [6, 6.07) is 29.2. The van der Waals surface area contributed by atoms with Crippen LogP contribution < -0.4 is 10.6 Å². The number of rotatable bonds is 4. The third kappa shape index (κ3) is 7.83. The molecule has 2 aromatic heterocycles. The van der Waals surface area contributed by atoms with Gasteiger partial charge in [-0.2, -0.15) is 14.9 Å². The van der Waals surface area contributed by atoms with Crippen molar-refractivity contribution in [3.05, 3.63) is 117 Å². The molecule has 10 nitrogen and oxygen atoms in total. The molecule has 0 aliphatic rings. The van der Waals surface area contributed by atoms with Gasteiger partial charge in [-0.15, -0.1) is 0 Å². The molecule has 6 rings (SSSR count). The Balaban J connectivity index is 0.000000186. The van der Waals surface area contributed by atoms with Gasteiger partial charge in [0.2, 0.25) is 0 Å². The van der Waals surface area contributed by atoms with Crippen LogP contribution in [0.5, 0.6) is 0 Å². The van der Waals surface area contributed by atoms with Crippen molar-refractivity contribution in [2.45, 2.75) is 26.4 Å². The Hall–Kier alpha value is -4.81. The Bertz CT molecular complexity index is 1990. The van der Waals surface area contributed by atoms with Crippen molar-refractivity contribution in [3.63, 3.8) is 0 Å². The van der Waals surface area contributed by atoms with Gasteiger partial charge >= 0.3 is 6.09 Å². The summed E-state index contributed by atoms with van der Waals surface area (Å²) in [6.45, 7) is 5.33. The van der Waals surface area contributed by atoms with Gasteiger partial charge in [-0.3, -0.25) is 14.7 Å². The molecule has 0 unspecified atom stereocenters. The Morgan fingerprint density at radius 2 is 1.22 bits per heavy atom. The van der Waals surface area contributed by atoms with E-state index in [2.05, 4.69) is 57.8 Å². The number of aromatic nitrogens is 4. The first-order valence-electron chi connectivity index (χ1n) is 13.8. The summed E-state index contributed by atoms with van der Waals surface area (Å²) in [5.41, 5.74) is 2.64. The van der Waals surface area contributed by atoms with E-state index in [-0.39, 0.29) is 11.6 Å². The minimum absolute atomic E-state index is 0.161. The van der Waals surface area contributed by atoms with Crippen molar-refractivity contribution in [3.8, 4) is 0 Å². The zero-order valence-corrected chi connectivity index (χ0v) is 27.6. The van der Waals surface area contributed by atoms with Gasteiger partial charge in [-0.25, -0.2) is 4.79 Å². The highest BCUT2D eigenvalue weighted by Gasteiger charge is 2.24. The quantitative estimate of drug-likeness (QED) is 0.167. The zero-order valence-electron chi connectivity index (χ0n) is 24.5. The molecule has 2 heterocycles. The molecular formula is C33H28Br2N6O4. The number of H-pyrrole nitrogens is 1. The number of benzene rings is 4. The van der Waals surface area contributed by atoms with E-state index in [1.165, 1.54) is 0 Å². The number of anilines is 2. The van der Waals surface area contributed by atoms with E-state index in [0.29, 0.717) is 22.3 Å². The zero-order chi connectivity index (χ0) is 32.1. The molecule has 0 saturated carbocycles. The van der Waals surface area contributed by atoms with Crippen LogP contribution in [0.2, 0.25) is 0 Å². The van der Waals surface area contributed by atoms with Crippen molar-refractivity contribution in [2.75, 3.05) is 10.6 Å². The van der Waals surface area contributed by atoms with Crippen LogP contribution in [0, 0.1) is 0 Å². The highest BCUT2D eigenvalue weighted by atomic mass is 79.9. The number of nitrogens with one attached hydrogen (secondary N) is 3. The smallest absolute Gasteiger partial charge is 0.435 e. The predicted molar refractivity (Wildman–Crippen MR) is 182 cm³/mol. The van der Waals surface area contributed by atoms with E-state index in [0.717, 1.165) is 30.2 Å². The Morgan fingerprint density at radius 1 is 0.711 bits per heavy atom. The number of hydrogen-bond donors (Lipinski definition) is 3. The maximum absolute atomic E-state index is 12.7. The molecule has 45 heavy (non-hydrogen) atoms. The summed E-state index contributed by atoms with van der Waals surface area (Å²) in [5, 5.41) is 18.1. The topological polar surface area (TPSA) is 131 Å². The van der Waals surface area contributed by atoms with Crippen LogP contribution in [0.4, 0.5) is 16.2 Å². The standard InChI is InChI=1S/C19H18BrN3O3.C14H10BrN3O/c1-19(2,3)26-18(25)23-15-7-5-4-6-14(15)16(22-23)17(24)21-13-10-8-12(20)9-11-13;15-9-5-7-10(8-6-9)16-14(19)13-11-3-1-2-4-12(11)17-18-13/h4-11H,1-3H3,(H,21,24);1-8H,(H,16,19)(H,17,18). The van der Waals surface area contributed by atoms with Crippen molar-refractivity contribution in [2.24, 2.45) is 0 Å². The molecule has 3 N–H and O–H groups in total. The second kappa shape index (κ2) is 13.4.